The minimum absolute atomic E-state index is 0.198. The van der Waals surface area contributed by atoms with E-state index in [4.69, 9.17) is 25.7 Å². The lowest BCUT2D eigenvalue weighted by Crippen LogP contribution is -2.13. The minimum atomic E-state index is -0.331. The van der Waals surface area contributed by atoms with Crippen LogP contribution in [0.5, 0.6) is 5.75 Å². The lowest BCUT2D eigenvalue weighted by molar-refractivity contribution is 0.302. The van der Waals surface area contributed by atoms with Gasteiger partial charge in [0.05, 0.1) is 22.3 Å². The lowest BCUT2D eigenvalue weighted by Gasteiger charge is -2.23. The van der Waals surface area contributed by atoms with Crippen molar-refractivity contribution in [3.63, 3.8) is 0 Å². The molecule has 0 spiro atoms. The van der Waals surface area contributed by atoms with Crippen LogP contribution in [0.3, 0.4) is 0 Å². The molecule has 4 nitrogen and oxygen atoms in total. The fraction of sp³-hybridized carbons (Fsp3) is 0.0370. The van der Waals surface area contributed by atoms with Gasteiger partial charge in [-0.25, -0.2) is 9.37 Å². The Balaban J connectivity index is 1.67. The molecule has 3 heterocycles. The Hall–Kier alpha value is -3.96. The van der Waals surface area contributed by atoms with Crippen molar-refractivity contribution in [3.8, 4) is 39.4 Å². The van der Waals surface area contributed by atoms with Crippen LogP contribution in [0, 0.1) is 5.82 Å². The quantitative estimate of drug-likeness (QED) is 0.291. The summed E-state index contributed by atoms with van der Waals surface area (Å²) in [5, 5.41) is 0.846. The van der Waals surface area contributed by atoms with Gasteiger partial charge in [-0.2, -0.15) is 0 Å². The van der Waals surface area contributed by atoms with Crippen LogP contribution >= 0.6 is 11.6 Å². The van der Waals surface area contributed by atoms with Gasteiger partial charge in [0.25, 0.3) is 0 Å². The summed E-state index contributed by atoms with van der Waals surface area (Å²) < 4.78 is 25.3. The molecule has 0 saturated heterocycles. The van der Waals surface area contributed by atoms with Crippen LogP contribution in [0.15, 0.2) is 88.3 Å². The Morgan fingerprint density at radius 3 is 2.58 bits per heavy atom. The van der Waals surface area contributed by atoms with Crippen molar-refractivity contribution >= 4 is 22.6 Å². The van der Waals surface area contributed by atoms with Crippen molar-refractivity contribution in [2.75, 3.05) is 0 Å². The van der Waals surface area contributed by atoms with E-state index in [0.717, 1.165) is 28.1 Å². The van der Waals surface area contributed by atoms with Crippen molar-refractivity contribution in [2.45, 2.75) is 6.61 Å². The molecule has 0 aliphatic carbocycles. The number of nitrogens with zero attached hydrogens (tertiary/aromatic N) is 1. The van der Waals surface area contributed by atoms with E-state index in [1.807, 2.05) is 30.3 Å². The molecule has 0 radical (unpaired) electrons. The standard InChI is InChI=1S/C27H15ClFNO3/c28-16-7-10-25-20(11-16)27(31)22(14-33-25)19-12-23(15-5-8-17(29)9-6-15)30-26-18-3-1-2-4-24(18)32-13-21(19)26/h1-12,14H,13H2. The van der Waals surface area contributed by atoms with Gasteiger partial charge in [-0.3, -0.25) is 4.79 Å². The summed E-state index contributed by atoms with van der Waals surface area (Å²) in [6.45, 7) is 0.255. The molecule has 2 aromatic heterocycles. The molecule has 0 N–H and O–H groups in total. The van der Waals surface area contributed by atoms with Gasteiger partial charge in [-0.15, -0.1) is 0 Å². The summed E-state index contributed by atoms with van der Waals surface area (Å²) in [6.07, 6.45) is 1.46. The van der Waals surface area contributed by atoms with Crippen molar-refractivity contribution in [1.29, 1.82) is 0 Å². The minimum Gasteiger partial charge on any atom is -0.488 e. The SMILES string of the molecule is O=c1c(-c2cc(-c3ccc(F)cc3)nc3c2COc2ccccc2-3)coc2ccc(Cl)cc12. The van der Waals surface area contributed by atoms with Gasteiger partial charge in [0.15, 0.2) is 0 Å². The maximum absolute atomic E-state index is 13.5. The first kappa shape index (κ1) is 19.7. The predicted octanol–water partition coefficient (Wildman–Crippen LogP) is 6.87. The molecular weight excluding hydrogens is 441 g/mol. The Morgan fingerprint density at radius 1 is 0.909 bits per heavy atom. The number of pyridine rings is 1. The highest BCUT2D eigenvalue weighted by atomic mass is 35.5. The molecule has 0 atom stereocenters. The van der Waals surface area contributed by atoms with Gasteiger partial charge in [-0.05, 0) is 66.2 Å². The molecule has 0 amide bonds. The third-order valence-electron chi connectivity index (χ3n) is 5.80. The molecular formula is C27H15ClFNO3. The van der Waals surface area contributed by atoms with Crippen molar-refractivity contribution in [3.05, 3.63) is 106 Å². The van der Waals surface area contributed by atoms with E-state index in [1.54, 1.807) is 30.3 Å². The van der Waals surface area contributed by atoms with E-state index in [2.05, 4.69) is 0 Å². The molecule has 1 aliphatic heterocycles. The first-order chi connectivity index (χ1) is 16.1. The molecule has 33 heavy (non-hydrogen) atoms. The largest absolute Gasteiger partial charge is 0.488 e. The summed E-state index contributed by atoms with van der Waals surface area (Å²) in [5.41, 5.74) is 4.99. The highest BCUT2D eigenvalue weighted by Gasteiger charge is 2.25. The maximum atomic E-state index is 13.5. The van der Waals surface area contributed by atoms with E-state index >= 15 is 0 Å². The normalized spacial score (nSPS) is 12.2. The molecule has 0 fully saturated rings. The summed E-state index contributed by atoms with van der Waals surface area (Å²) in [7, 11) is 0. The van der Waals surface area contributed by atoms with Gasteiger partial charge in [0, 0.05) is 21.7 Å². The molecule has 3 aromatic carbocycles. The van der Waals surface area contributed by atoms with Crippen molar-refractivity contribution in [1.82, 2.24) is 4.98 Å². The fourth-order valence-corrected chi connectivity index (χ4v) is 4.35. The second-order valence-corrected chi connectivity index (χ2v) is 8.23. The van der Waals surface area contributed by atoms with Crippen LogP contribution in [-0.4, -0.2) is 4.98 Å². The molecule has 6 heteroatoms. The molecule has 160 valence electrons. The Kier molecular flexibility index (Phi) is 4.52. The number of fused-ring (bicyclic) bond motifs is 4. The number of rotatable bonds is 2. The third kappa shape index (κ3) is 3.29. The van der Waals surface area contributed by atoms with Crippen molar-refractivity contribution < 1.29 is 13.5 Å². The van der Waals surface area contributed by atoms with Crippen LogP contribution in [0.4, 0.5) is 4.39 Å². The molecule has 1 aliphatic rings. The van der Waals surface area contributed by atoms with E-state index in [0.29, 0.717) is 32.8 Å². The lowest BCUT2D eigenvalue weighted by atomic mass is 9.92. The van der Waals surface area contributed by atoms with Gasteiger partial charge in [0.2, 0.25) is 5.43 Å². The maximum Gasteiger partial charge on any atom is 0.200 e. The fourth-order valence-electron chi connectivity index (χ4n) is 4.18. The monoisotopic (exact) mass is 455 g/mol. The van der Waals surface area contributed by atoms with Crippen LogP contribution < -0.4 is 10.2 Å². The second-order valence-electron chi connectivity index (χ2n) is 7.79. The highest BCUT2D eigenvalue weighted by Crippen LogP contribution is 2.41. The number of hydrogen-bond acceptors (Lipinski definition) is 4. The Bertz CT molecular complexity index is 1610. The van der Waals surface area contributed by atoms with Crippen LogP contribution in [-0.2, 0) is 6.61 Å². The second kappa shape index (κ2) is 7.57. The summed E-state index contributed by atoms with van der Waals surface area (Å²) >= 11 is 6.14. The number of benzene rings is 3. The summed E-state index contributed by atoms with van der Waals surface area (Å²) in [5.74, 6) is 0.389. The van der Waals surface area contributed by atoms with Crippen molar-refractivity contribution in [2.24, 2.45) is 0 Å². The summed E-state index contributed by atoms with van der Waals surface area (Å²) in [4.78, 5) is 18.4. The first-order valence-corrected chi connectivity index (χ1v) is 10.7. The predicted molar refractivity (Wildman–Crippen MR) is 126 cm³/mol. The van der Waals surface area contributed by atoms with E-state index in [1.165, 1.54) is 18.4 Å². The first-order valence-electron chi connectivity index (χ1n) is 10.3. The number of halogens is 2. The smallest absolute Gasteiger partial charge is 0.200 e. The number of para-hydroxylation sites is 1. The molecule has 0 unspecified atom stereocenters. The average Bonchev–Trinajstić information content (AvgIpc) is 2.84. The summed E-state index contributed by atoms with van der Waals surface area (Å²) in [6, 6.07) is 20.5. The van der Waals surface area contributed by atoms with Gasteiger partial charge in [0.1, 0.15) is 30.0 Å². The Labute approximate surface area is 192 Å². The van der Waals surface area contributed by atoms with Gasteiger partial charge >= 0.3 is 0 Å². The number of ether oxygens (including phenoxy) is 1. The molecule has 5 aromatic rings. The topological polar surface area (TPSA) is 52.3 Å². The zero-order valence-corrected chi connectivity index (χ0v) is 17.9. The highest BCUT2D eigenvalue weighted by molar-refractivity contribution is 6.31. The average molecular weight is 456 g/mol. The molecule has 6 rings (SSSR count). The molecule has 0 bridgehead atoms. The number of aromatic nitrogens is 1. The van der Waals surface area contributed by atoms with E-state index in [9.17, 15) is 9.18 Å². The van der Waals surface area contributed by atoms with E-state index in [-0.39, 0.29) is 17.9 Å². The zero-order chi connectivity index (χ0) is 22.5. The van der Waals surface area contributed by atoms with E-state index < -0.39 is 0 Å². The Morgan fingerprint density at radius 2 is 1.73 bits per heavy atom. The van der Waals surface area contributed by atoms with Crippen LogP contribution in [0.25, 0.3) is 44.6 Å². The third-order valence-corrected chi connectivity index (χ3v) is 6.04. The van der Waals surface area contributed by atoms with Gasteiger partial charge < -0.3 is 9.15 Å². The van der Waals surface area contributed by atoms with Crippen LogP contribution in [0.1, 0.15) is 5.56 Å². The zero-order valence-electron chi connectivity index (χ0n) is 17.1. The van der Waals surface area contributed by atoms with Gasteiger partial charge in [-0.1, -0.05) is 23.7 Å². The number of hydrogen-bond donors (Lipinski definition) is 0. The molecule has 0 saturated carbocycles. The van der Waals surface area contributed by atoms with Crippen LogP contribution in [0.2, 0.25) is 5.02 Å².